The SMILES string of the molecule is Cc1ccc(Cl)cc1CCC1C(C)CC=C(c2ccccc2F)C(C(=O)NCCc2ccc(O)cc2)C1c1c(C)cccc1C. The summed E-state index contributed by atoms with van der Waals surface area (Å²) < 4.78 is 15.6. The van der Waals surface area contributed by atoms with E-state index in [1.165, 1.54) is 22.8 Å². The number of halogens is 2. The first-order valence-corrected chi connectivity index (χ1v) is 16.3. The van der Waals surface area contributed by atoms with Gasteiger partial charge in [0.2, 0.25) is 5.91 Å². The van der Waals surface area contributed by atoms with Crippen molar-refractivity contribution in [1.82, 2.24) is 5.32 Å². The van der Waals surface area contributed by atoms with Gasteiger partial charge in [0, 0.05) is 23.0 Å². The zero-order valence-corrected chi connectivity index (χ0v) is 27.4. The number of aromatic hydroxyl groups is 1. The van der Waals surface area contributed by atoms with Gasteiger partial charge in [-0.1, -0.05) is 79.2 Å². The van der Waals surface area contributed by atoms with Crippen LogP contribution in [0.4, 0.5) is 4.39 Å². The number of allylic oxidation sites excluding steroid dienone is 1. The molecule has 4 atom stereocenters. The summed E-state index contributed by atoms with van der Waals surface area (Å²) in [5.41, 5.74) is 8.17. The van der Waals surface area contributed by atoms with Crippen LogP contribution in [0.25, 0.3) is 5.57 Å². The standard InChI is InChI=1S/C40H43ClFNO2/c1-25-12-17-31(41)24-30(25)16-21-33-26(2)13-20-35(34-10-5-6-11-36(34)42)39(38(33)37-27(3)8-7-9-28(37)4)40(45)43-23-22-29-14-18-32(44)19-15-29/h5-12,14-15,17-20,24,26,33,38-39,44H,13,16,21-23H2,1-4H3,(H,43,45). The molecule has 234 valence electrons. The van der Waals surface area contributed by atoms with E-state index in [0.29, 0.717) is 18.5 Å². The third kappa shape index (κ3) is 7.50. The first-order valence-electron chi connectivity index (χ1n) is 16.0. The first kappa shape index (κ1) is 32.5. The van der Waals surface area contributed by atoms with E-state index in [1.807, 2.05) is 24.3 Å². The van der Waals surface area contributed by atoms with Crippen LogP contribution in [0.5, 0.6) is 5.75 Å². The van der Waals surface area contributed by atoms with Gasteiger partial charge in [0.1, 0.15) is 11.6 Å². The van der Waals surface area contributed by atoms with Crippen LogP contribution in [0.2, 0.25) is 5.02 Å². The van der Waals surface area contributed by atoms with Crippen molar-refractivity contribution < 1.29 is 14.3 Å². The van der Waals surface area contributed by atoms with E-state index in [-0.39, 0.29) is 35.2 Å². The summed E-state index contributed by atoms with van der Waals surface area (Å²) in [7, 11) is 0. The highest BCUT2D eigenvalue weighted by atomic mass is 35.5. The molecule has 0 saturated carbocycles. The van der Waals surface area contributed by atoms with Crippen LogP contribution >= 0.6 is 11.6 Å². The van der Waals surface area contributed by atoms with E-state index < -0.39 is 5.92 Å². The number of carbonyl (C=O) groups is 1. The Morgan fingerprint density at radius 3 is 2.33 bits per heavy atom. The summed E-state index contributed by atoms with van der Waals surface area (Å²) in [4.78, 5) is 14.6. The van der Waals surface area contributed by atoms with Gasteiger partial charge in [0.15, 0.2) is 0 Å². The first-order chi connectivity index (χ1) is 21.6. The number of carbonyl (C=O) groups excluding carboxylic acids is 1. The van der Waals surface area contributed by atoms with Gasteiger partial charge in [-0.25, -0.2) is 4.39 Å². The maximum atomic E-state index is 15.6. The third-order valence-electron chi connectivity index (χ3n) is 9.65. The second-order valence-corrected chi connectivity index (χ2v) is 13.1. The van der Waals surface area contributed by atoms with Crippen molar-refractivity contribution in [2.24, 2.45) is 17.8 Å². The number of hydrogen-bond acceptors (Lipinski definition) is 2. The number of rotatable bonds is 9. The monoisotopic (exact) mass is 623 g/mol. The Labute approximate surface area is 272 Å². The van der Waals surface area contributed by atoms with E-state index in [9.17, 15) is 9.90 Å². The van der Waals surface area contributed by atoms with Gasteiger partial charge >= 0.3 is 0 Å². The van der Waals surface area contributed by atoms with Crippen molar-refractivity contribution in [3.8, 4) is 5.75 Å². The van der Waals surface area contributed by atoms with Crippen molar-refractivity contribution in [3.05, 3.63) is 141 Å². The molecule has 4 unspecified atom stereocenters. The number of hydrogen-bond donors (Lipinski definition) is 2. The van der Waals surface area contributed by atoms with Crippen molar-refractivity contribution >= 4 is 23.1 Å². The molecule has 1 aliphatic rings. The molecule has 5 heteroatoms. The lowest BCUT2D eigenvalue weighted by Gasteiger charge is -2.38. The smallest absolute Gasteiger partial charge is 0.228 e. The van der Waals surface area contributed by atoms with Gasteiger partial charge in [0.25, 0.3) is 0 Å². The number of nitrogens with one attached hydrogen (secondary N) is 1. The molecular formula is C40H43ClFNO2. The molecule has 3 nitrogen and oxygen atoms in total. The molecule has 0 aromatic heterocycles. The van der Waals surface area contributed by atoms with Gasteiger partial charge in [0.05, 0.1) is 5.92 Å². The predicted molar refractivity (Wildman–Crippen MR) is 183 cm³/mol. The summed E-state index contributed by atoms with van der Waals surface area (Å²) >= 11 is 6.42. The average Bonchev–Trinajstić information content (AvgIpc) is 3.15. The Bertz CT molecular complexity index is 1660. The molecule has 0 radical (unpaired) electrons. The number of benzene rings is 4. The quantitative estimate of drug-likeness (QED) is 0.195. The lowest BCUT2D eigenvalue weighted by Crippen LogP contribution is -2.39. The Balaban J connectivity index is 1.59. The zero-order valence-electron chi connectivity index (χ0n) is 26.6. The predicted octanol–water partition coefficient (Wildman–Crippen LogP) is 9.54. The number of phenols is 1. The van der Waals surface area contributed by atoms with Crippen LogP contribution in [-0.4, -0.2) is 17.6 Å². The van der Waals surface area contributed by atoms with Gasteiger partial charge in [-0.15, -0.1) is 0 Å². The highest BCUT2D eigenvalue weighted by Crippen LogP contribution is 2.50. The average molecular weight is 624 g/mol. The second-order valence-electron chi connectivity index (χ2n) is 12.6. The van der Waals surface area contributed by atoms with Crippen LogP contribution in [0.1, 0.15) is 64.6 Å². The molecule has 0 bridgehead atoms. The van der Waals surface area contributed by atoms with Gasteiger partial charge in [-0.05, 0) is 128 Å². The summed E-state index contributed by atoms with van der Waals surface area (Å²) in [6.45, 7) is 9.08. The highest BCUT2D eigenvalue weighted by Gasteiger charge is 2.43. The van der Waals surface area contributed by atoms with E-state index >= 15 is 4.39 Å². The number of aryl methyl sites for hydroxylation is 4. The fourth-order valence-corrected chi connectivity index (χ4v) is 7.41. The minimum absolute atomic E-state index is 0.0889. The molecular weight excluding hydrogens is 581 g/mol. The Kier molecular flexibility index (Phi) is 10.5. The van der Waals surface area contributed by atoms with Gasteiger partial charge < -0.3 is 10.4 Å². The van der Waals surface area contributed by atoms with Crippen molar-refractivity contribution in [1.29, 1.82) is 0 Å². The largest absolute Gasteiger partial charge is 0.508 e. The van der Waals surface area contributed by atoms with Crippen LogP contribution in [0.15, 0.2) is 91.0 Å². The maximum absolute atomic E-state index is 15.6. The molecule has 2 N–H and O–H groups in total. The molecule has 4 aromatic rings. The third-order valence-corrected chi connectivity index (χ3v) is 9.88. The molecule has 45 heavy (non-hydrogen) atoms. The molecule has 5 rings (SSSR count). The molecule has 4 aromatic carbocycles. The van der Waals surface area contributed by atoms with Crippen molar-refractivity contribution in [2.75, 3.05) is 6.54 Å². The van der Waals surface area contributed by atoms with Gasteiger partial charge in [-0.2, -0.15) is 0 Å². The number of phenolic OH excluding ortho intramolecular Hbond substituents is 1. The van der Waals surface area contributed by atoms with E-state index in [0.717, 1.165) is 46.5 Å². The number of amides is 1. The molecule has 0 saturated heterocycles. The summed E-state index contributed by atoms with van der Waals surface area (Å²) in [6.07, 6.45) is 5.21. The summed E-state index contributed by atoms with van der Waals surface area (Å²) in [5, 5.41) is 13.7. The highest BCUT2D eigenvalue weighted by molar-refractivity contribution is 6.30. The zero-order chi connectivity index (χ0) is 32.1. The lowest BCUT2D eigenvalue weighted by molar-refractivity contribution is -0.124. The molecule has 1 amide bonds. The van der Waals surface area contributed by atoms with Crippen LogP contribution in [-0.2, 0) is 17.6 Å². The Hall–Kier alpha value is -3.89. The lowest BCUT2D eigenvalue weighted by atomic mass is 9.66. The fourth-order valence-electron chi connectivity index (χ4n) is 7.22. The van der Waals surface area contributed by atoms with E-state index in [4.69, 9.17) is 11.6 Å². The second kappa shape index (κ2) is 14.5. The normalized spacial score (nSPS) is 19.9. The molecule has 0 fully saturated rings. The van der Waals surface area contributed by atoms with E-state index in [1.54, 1.807) is 24.3 Å². The Morgan fingerprint density at radius 2 is 1.62 bits per heavy atom. The van der Waals surface area contributed by atoms with E-state index in [2.05, 4.69) is 69.4 Å². The minimum atomic E-state index is -0.586. The molecule has 1 aliphatic carbocycles. The van der Waals surface area contributed by atoms with Crippen LogP contribution < -0.4 is 5.32 Å². The summed E-state index contributed by atoms with van der Waals surface area (Å²) in [5.74, 6) is -0.535. The van der Waals surface area contributed by atoms with Gasteiger partial charge in [-0.3, -0.25) is 4.79 Å². The van der Waals surface area contributed by atoms with Crippen LogP contribution in [0, 0.1) is 44.3 Å². The fraction of sp³-hybridized carbons (Fsp3) is 0.325. The van der Waals surface area contributed by atoms with Crippen molar-refractivity contribution in [2.45, 2.75) is 59.3 Å². The van der Waals surface area contributed by atoms with Crippen LogP contribution in [0.3, 0.4) is 0 Å². The topological polar surface area (TPSA) is 49.3 Å². The maximum Gasteiger partial charge on any atom is 0.228 e. The molecule has 0 spiro atoms. The van der Waals surface area contributed by atoms with Crippen molar-refractivity contribution in [3.63, 3.8) is 0 Å². The molecule has 0 aliphatic heterocycles. The Morgan fingerprint density at radius 1 is 0.911 bits per heavy atom. The minimum Gasteiger partial charge on any atom is -0.508 e. The summed E-state index contributed by atoms with van der Waals surface area (Å²) in [6, 6.07) is 26.3. The molecule has 0 heterocycles.